The number of amides is 1. The molecule has 0 radical (unpaired) electrons. The molecular weight excluding hydrogens is 394 g/mol. The molecule has 0 bridgehead atoms. The number of imidazole rings is 1. The Morgan fingerprint density at radius 1 is 1.06 bits per heavy atom. The number of fused-ring (bicyclic) bond motifs is 1. The van der Waals surface area contributed by atoms with Crippen molar-refractivity contribution in [3.8, 4) is 11.5 Å². The monoisotopic (exact) mass is 425 g/mol. The lowest BCUT2D eigenvalue weighted by Gasteiger charge is -2.13. The van der Waals surface area contributed by atoms with Crippen LogP contribution < -0.4 is 20.5 Å². The number of nitrogens with one attached hydrogen (secondary N) is 1. The molecular formula is C24H31N3O4. The molecule has 0 saturated carbocycles. The molecule has 0 saturated heterocycles. The standard InChI is InChI=1S/C24H31N3O4/c1-5-26-19-8-6-7-9-20(19)27(24(26)29)16-23(28)25-15-18-10-11-21(22(14-18)30-4)31-13-12-17(2)3/h6-11,14,17H,5,12-13,15-16H2,1-4H3,(H,25,28). The summed E-state index contributed by atoms with van der Waals surface area (Å²) < 4.78 is 14.4. The minimum absolute atomic E-state index is 0.0279. The molecule has 3 aromatic rings. The van der Waals surface area contributed by atoms with Crippen LogP contribution in [0.3, 0.4) is 0 Å². The molecule has 2 aromatic carbocycles. The molecule has 0 aliphatic rings. The third kappa shape index (κ3) is 5.29. The van der Waals surface area contributed by atoms with E-state index in [2.05, 4.69) is 19.2 Å². The quantitative estimate of drug-likeness (QED) is 0.539. The molecule has 0 fully saturated rings. The lowest BCUT2D eigenvalue weighted by atomic mass is 10.1. The molecule has 1 heterocycles. The van der Waals surface area contributed by atoms with Gasteiger partial charge >= 0.3 is 5.69 Å². The van der Waals surface area contributed by atoms with Gasteiger partial charge in [-0.15, -0.1) is 0 Å². The Balaban J connectivity index is 1.66. The Bertz CT molecular complexity index is 1100. The highest BCUT2D eigenvalue weighted by Gasteiger charge is 2.14. The number of rotatable bonds is 10. The normalized spacial score (nSPS) is 11.1. The first kappa shape index (κ1) is 22.5. The molecule has 1 aromatic heterocycles. The number of aromatic nitrogens is 2. The largest absolute Gasteiger partial charge is 0.493 e. The van der Waals surface area contributed by atoms with E-state index in [-0.39, 0.29) is 18.1 Å². The van der Waals surface area contributed by atoms with Gasteiger partial charge in [0.25, 0.3) is 0 Å². The highest BCUT2D eigenvalue weighted by Crippen LogP contribution is 2.28. The summed E-state index contributed by atoms with van der Waals surface area (Å²) in [5.74, 6) is 1.67. The highest BCUT2D eigenvalue weighted by atomic mass is 16.5. The van der Waals surface area contributed by atoms with Crippen LogP contribution in [0.4, 0.5) is 0 Å². The molecule has 1 amide bonds. The lowest BCUT2D eigenvalue weighted by molar-refractivity contribution is -0.121. The first-order valence-electron chi connectivity index (χ1n) is 10.7. The van der Waals surface area contributed by atoms with E-state index in [0.717, 1.165) is 23.0 Å². The van der Waals surface area contributed by atoms with Crippen molar-refractivity contribution < 1.29 is 14.3 Å². The van der Waals surface area contributed by atoms with Gasteiger partial charge in [0.05, 0.1) is 24.8 Å². The third-order valence-electron chi connectivity index (χ3n) is 5.21. The van der Waals surface area contributed by atoms with Gasteiger partial charge in [-0.25, -0.2) is 4.79 Å². The highest BCUT2D eigenvalue weighted by molar-refractivity contribution is 5.81. The second-order valence-electron chi connectivity index (χ2n) is 7.89. The second-order valence-corrected chi connectivity index (χ2v) is 7.89. The van der Waals surface area contributed by atoms with Gasteiger partial charge in [0.15, 0.2) is 11.5 Å². The number of nitrogens with zero attached hydrogens (tertiary/aromatic N) is 2. The van der Waals surface area contributed by atoms with Gasteiger partial charge in [-0.2, -0.15) is 0 Å². The van der Waals surface area contributed by atoms with Crippen LogP contribution in [0.5, 0.6) is 11.5 Å². The van der Waals surface area contributed by atoms with E-state index in [1.807, 2.05) is 49.4 Å². The molecule has 31 heavy (non-hydrogen) atoms. The number of para-hydroxylation sites is 2. The number of aryl methyl sites for hydroxylation is 1. The molecule has 0 aliphatic heterocycles. The minimum Gasteiger partial charge on any atom is -0.493 e. The maximum atomic E-state index is 12.7. The Kier molecular flexibility index (Phi) is 7.39. The van der Waals surface area contributed by atoms with Crippen molar-refractivity contribution in [3.05, 3.63) is 58.5 Å². The number of benzene rings is 2. The van der Waals surface area contributed by atoms with Crippen LogP contribution in [-0.2, 0) is 24.4 Å². The fourth-order valence-electron chi connectivity index (χ4n) is 3.48. The van der Waals surface area contributed by atoms with E-state index in [1.165, 1.54) is 4.57 Å². The summed E-state index contributed by atoms with van der Waals surface area (Å²) in [5.41, 5.74) is 2.31. The molecule has 1 N–H and O–H groups in total. The first-order valence-corrected chi connectivity index (χ1v) is 10.7. The third-order valence-corrected chi connectivity index (χ3v) is 5.21. The van der Waals surface area contributed by atoms with Gasteiger partial charge in [-0.05, 0) is 49.1 Å². The van der Waals surface area contributed by atoms with Gasteiger partial charge in [0, 0.05) is 13.1 Å². The predicted molar refractivity (Wildman–Crippen MR) is 122 cm³/mol. The number of hydrogen-bond acceptors (Lipinski definition) is 4. The van der Waals surface area contributed by atoms with E-state index < -0.39 is 0 Å². The van der Waals surface area contributed by atoms with Gasteiger partial charge in [0.1, 0.15) is 6.54 Å². The Morgan fingerprint density at radius 2 is 1.77 bits per heavy atom. The molecule has 0 aliphatic carbocycles. The zero-order valence-electron chi connectivity index (χ0n) is 18.7. The molecule has 0 unspecified atom stereocenters. The van der Waals surface area contributed by atoms with Crippen molar-refractivity contribution in [2.45, 2.75) is 46.8 Å². The molecule has 0 atom stereocenters. The van der Waals surface area contributed by atoms with E-state index in [9.17, 15) is 9.59 Å². The molecule has 0 spiro atoms. The number of carbonyl (C=O) groups is 1. The van der Waals surface area contributed by atoms with Gasteiger partial charge in [-0.3, -0.25) is 13.9 Å². The lowest BCUT2D eigenvalue weighted by Crippen LogP contribution is -2.32. The zero-order chi connectivity index (χ0) is 22.4. The van der Waals surface area contributed by atoms with Crippen molar-refractivity contribution >= 4 is 16.9 Å². The Hall–Kier alpha value is -3.22. The van der Waals surface area contributed by atoms with E-state index in [4.69, 9.17) is 9.47 Å². The van der Waals surface area contributed by atoms with Crippen molar-refractivity contribution in [1.29, 1.82) is 0 Å². The maximum Gasteiger partial charge on any atom is 0.329 e. The number of ether oxygens (including phenoxy) is 2. The van der Waals surface area contributed by atoms with Crippen LogP contribution >= 0.6 is 0 Å². The molecule has 3 rings (SSSR count). The van der Waals surface area contributed by atoms with Crippen molar-refractivity contribution in [1.82, 2.24) is 14.5 Å². The van der Waals surface area contributed by atoms with Crippen LogP contribution in [-0.4, -0.2) is 28.8 Å². The van der Waals surface area contributed by atoms with E-state index in [0.29, 0.717) is 37.1 Å². The summed E-state index contributed by atoms with van der Waals surface area (Å²) in [4.78, 5) is 25.3. The molecule has 166 valence electrons. The summed E-state index contributed by atoms with van der Waals surface area (Å²) >= 11 is 0. The SMILES string of the molecule is CCn1c(=O)n(CC(=O)NCc2ccc(OCCC(C)C)c(OC)c2)c2ccccc21. The van der Waals surface area contributed by atoms with E-state index in [1.54, 1.807) is 11.7 Å². The fraction of sp³-hybridized carbons (Fsp3) is 0.417. The molecule has 7 nitrogen and oxygen atoms in total. The van der Waals surface area contributed by atoms with Crippen LogP contribution in [0.1, 0.15) is 32.8 Å². The van der Waals surface area contributed by atoms with Crippen molar-refractivity contribution in [2.24, 2.45) is 5.92 Å². The summed E-state index contributed by atoms with van der Waals surface area (Å²) in [6.07, 6.45) is 0.967. The first-order chi connectivity index (χ1) is 14.9. The minimum atomic E-state index is -0.225. The maximum absolute atomic E-state index is 12.7. The summed E-state index contributed by atoms with van der Waals surface area (Å²) in [6.45, 7) is 7.72. The summed E-state index contributed by atoms with van der Waals surface area (Å²) in [5, 5.41) is 2.89. The zero-order valence-corrected chi connectivity index (χ0v) is 18.7. The van der Waals surface area contributed by atoms with E-state index >= 15 is 0 Å². The topological polar surface area (TPSA) is 74.5 Å². The van der Waals surface area contributed by atoms with Gasteiger partial charge in [-0.1, -0.05) is 32.0 Å². The fourth-order valence-corrected chi connectivity index (χ4v) is 3.48. The average molecular weight is 426 g/mol. The molecule has 7 heteroatoms. The summed E-state index contributed by atoms with van der Waals surface area (Å²) in [6, 6.07) is 13.1. The smallest absolute Gasteiger partial charge is 0.329 e. The van der Waals surface area contributed by atoms with Crippen molar-refractivity contribution in [2.75, 3.05) is 13.7 Å². The number of methoxy groups -OCH3 is 1. The number of hydrogen-bond donors (Lipinski definition) is 1. The van der Waals surface area contributed by atoms with Gasteiger partial charge in [0.2, 0.25) is 5.91 Å². The van der Waals surface area contributed by atoms with Crippen LogP contribution in [0, 0.1) is 5.92 Å². The van der Waals surface area contributed by atoms with Gasteiger partial charge < -0.3 is 14.8 Å². The Morgan fingerprint density at radius 3 is 2.42 bits per heavy atom. The predicted octanol–water partition coefficient (Wildman–Crippen LogP) is 3.57. The van der Waals surface area contributed by atoms with Crippen LogP contribution in [0.15, 0.2) is 47.3 Å². The summed E-state index contributed by atoms with van der Waals surface area (Å²) in [7, 11) is 1.60. The Labute approximate surface area is 182 Å². The van der Waals surface area contributed by atoms with Crippen LogP contribution in [0.2, 0.25) is 0 Å². The van der Waals surface area contributed by atoms with Crippen molar-refractivity contribution in [3.63, 3.8) is 0 Å². The average Bonchev–Trinajstić information content (AvgIpc) is 3.03. The van der Waals surface area contributed by atoms with Crippen LogP contribution in [0.25, 0.3) is 11.0 Å². The second kappa shape index (κ2) is 10.2. The number of carbonyl (C=O) groups excluding carboxylic acids is 1.